The molecule has 4 saturated carbocycles. The van der Waals surface area contributed by atoms with E-state index in [0.29, 0.717) is 30.7 Å². The maximum absolute atomic E-state index is 13.5. The first-order valence-electron chi connectivity index (χ1n) is 11.1. The molecule has 1 aromatic rings. The zero-order valence-electron chi connectivity index (χ0n) is 18.2. The normalized spacial score (nSPS) is 30.3. The minimum Gasteiger partial charge on any atom is -0.352 e. The second kappa shape index (κ2) is 8.88. The van der Waals surface area contributed by atoms with Crippen LogP contribution in [-0.4, -0.2) is 29.9 Å². The van der Waals surface area contributed by atoms with Crippen molar-refractivity contribution in [1.29, 1.82) is 0 Å². The lowest BCUT2D eigenvalue weighted by molar-refractivity contribution is -0.148. The molecule has 166 valence electrons. The molecule has 0 radical (unpaired) electrons. The third-order valence-corrected chi connectivity index (χ3v) is 7.14. The van der Waals surface area contributed by atoms with Crippen molar-refractivity contribution >= 4 is 24.2 Å². The summed E-state index contributed by atoms with van der Waals surface area (Å²) in [5.41, 5.74) is 6.34. The van der Waals surface area contributed by atoms with Crippen molar-refractivity contribution in [2.45, 2.75) is 70.4 Å². The standard InChI is InChI=1S/C24H35N3O2.ClH/c1-23(2,25)15-26-21(28)20(11-16-6-4-3-5-7-16)27-22(29)24-12-17-8-18(13-24)10-19(9-17)14-24;/h3-7,17-20H,8-15,25H2,1-2H3,(H,26,28)(H,27,29);1H. The van der Waals surface area contributed by atoms with E-state index in [1.807, 2.05) is 44.2 Å². The Balaban J connectivity index is 0.00000256. The number of nitrogens with two attached hydrogens (primary N) is 1. The topological polar surface area (TPSA) is 84.2 Å². The number of hydrogen-bond donors (Lipinski definition) is 3. The predicted molar refractivity (Wildman–Crippen MR) is 121 cm³/mol. The zero-order valence-corrected chi connectivity index (χ0v) is 19.0. The number of nitrogens with one attached hydrogen (secondary N) is 2. The molecule has 1 aromatic carbocycles. The van der Waals surface area contributed by atoms with E-state index in [-0.39, 0.29) is 29.6 Å². The summed E-state index contributed by atoms with van der Waals surface area (Å²) in [4.78, 5) is 26.5. The molecule has 0 spiro atoms. The molecule has 1 unspecified atom stereocenters. The van der Waals surface area contributed by atoms with Gasteiger partial charge in [0.2, 0.25) is 11.8 Å². The first kappa shape index (κ1) is 23.1. The van der Waals surface area contributed by atoms with Gasteiger partial charge in [0.05, 0.1) is 0 Å². The van der Waals surface area contributed by atoms with Crippen LogP contribution in [0.3, 0.4) is 0 Å². The van der Waals surface area contributed by atoms with E-state index >= 15 is 0 Å². The van der Waals surface area contributed by atoms with Crippen LogP contribution in [0.2, 0.25) is 0 Å². The van der Waals surface area contributed by atoms with Crippen molar-refractivity contribution in [1.82, 2.24) is 10.6 Å². The average molecular weight is 434 g/mol. The summed E-state index contributed by atoms with van der Waals surface area (Å²) < 4.78 is 0. The van der Waals surface area contributed by atoms with Crippen LogP contribution < -0.4 is 16.4 Å². The van der Waals surface area contributed by atoms with Crippen molar-refractivity contribution in [2.24, 2.45) is 28.9 Å². The van der Waals surface area contributed by atoms with Gasteiger partial charge in [-0.05, 0) is 75.7 Å². The number of halogens is 1. The molecule has 6 heteroatoms. The number of amides is 2. The lowest BCUT2D eigenvalue weighted by Gasteiger charge is -2.55. The van der Waals surface area contributed by atoms with E-state index in [2.05, 4.69) is 10.6 Å². The summed E-state index contributed by atoms with van der Waals surface area (Å²) in [7, 11) is 0. The van der Waals surface area contributed by atoms with Gasteiger partial charge in [0, 0.05) is 23.9 Å². The van der Waals surface area contributed by atoms with Gasteiger partial charge < -0.3 is 16.4 Å². The Kier molecular flexibility index (Phi) is 6.83. The molecule has 2 amide bonds. The first-order chi connectivity index (χ1) is 13.7. The van der Waals surface area contributed by atoms with Crippen molar-refractivity contribution in [2.75, 3.05) is 6.54 Å². The fraction of sp³-hybridized carbons (Fsp3) is 0.667. The van der Waals surface area contributed by atoms with Gasteiger partial charge in [-0.2, -0.15) is 0 Å². The molecule has 0 saturated heterocycles. The van der Waals surface area contributed by atoms with Gasteiger partial charge in [-0.1, -0.05) is 30.3 Å². The molecule has 30 heavy (non-hydrogen) atoms. The maximum atomic E-state index is 13.5. The summed E-state index contributed by atoms with van der Waals surface area (Å²) >= 11 is 0. The summed E-state index contributed by atoms with van der Waals surface area (Å²) in [6.45, 7) is 4.14. The van der Waals surface area contributed by atoms with Gasteiger partial charge in [0.1, 0.15) is 6.04 Å². The molecule has 0 heterocycles. The van der Waals surface area contributed by atoms with Crippen molar-refractivity contribution < 1.29 is 9.59 Å². The Morgan fingerprint density at radius 2 is 1.60 bits per heavy atom. The molecule has 1 atom stereocenters. The second-order valence-electron chi connectivity index (χ2n) is 10.6. The first-order valence-corrected chi connectivity index (χ1v) is 11.1. The van der Waals surface area contributed by atoms with Crippen molar-refractivity contribution in [3.05, 3.63) is 35.9 Å². The molecular formula is C24H36ClN3O2. The van der Waals surface area contributed by atoms with E-state index in [0.717, 1.165) is 24.8 Å². The molecule has 4 aliphatic carbocycles. The van der Waals surface area contributed by atoms with Gasteiger partial charge in [-0.25, -0.2) is 0 Å². The van der Waals surface area contributed by atoms with Gasteiger partial charge in [-0.15, -0.1) is 12.4 Å². The largest absolute Gasteiger partial charge is 0.352 e. The van der Waals surface area contributed by atoms with Crippen molar-refractivity contribution in [3.63, 3.8) is 0 Å². The molecule has 4 aliphatic rings. The molecule has 4 bridgehead atoms. The fourth-order valence-electron chi connectivity index (χ4n) is 6.20. The maximum Gasteiger partial charge on any atom is 0.242 e. The van der Waals surface area contributed by atoms with Crippen LogP contribution >= 0.6 is 12.4 Å². The number of carbonyl (C=O) groups is 2. The lowest BCUT2D eigenvalue weighted by Crippen LogP contribution is -2.58. The third-order valence-electron chi connectivity index (χ3n) is 7.14. The number of carbonyl (C=O) groups excluding carboxylic acids is 2. The minimum absolute atomic E-state index is 0. The average Bonchev–Trinajstić information content (AvgIpc) is 2.64. The van der Waals surface area contributed by atoms with Crippen LogP contribution in [-0.2, 0) is 16.0 Å². The third kappa shape index (κ3) is 5.17. The Morgan fingerprint density at radius 3 is 2.10 bits per heavy atom. The van der Waals surface area contributed by atoms with E-state index in [1.54, 1.807) is 0 Å². The molecular weight excluding hydrogens is 398 g/mol. The van der Waals surface area contributed by atoms with Gasteiger partial charge >= 0.3 is 0 Å². The summed E-state index contributed by atoms with van der Waals surface area (Å²) in [5.74, 6) is 2.05. The highest BCUT2D eigenvalue weighted by molar-refractivity contribution is 5.90. The number of benzene rings is 1. The van der Waals surface area contributed by atoms with E-state index in [1.165, 1.54) is 19.3 Å². The summed E-state index contributed by atoms with van der Waals surface area (Å²) in [5, 5.41) is 6.11. The Morgan fingerprint density at radius 1 is 1.07 bits per heavy atom. The van der Waals surface area contributed by atoms with E-state index in [9.17, 15) is 9.59 Å². The summed E-state index contributed by atoms with van der Waals surface area (Å²) in [6.07, 6.45) is 7.39. The van der Waals surface area contributed by atoms with E-state index in [4.69, 9.17) is 5.73 Å². The highest BCUT2D eigenvalue weighted by Crippen LogP contribution is 2.60. The highest BCUT2D eigenvalue weighted by Gasteiger charge is 2.54. The minimum atomic E-state index is -0.569. The van der Waals surface area contributed by atoms with Gasteiger partial charge in [0.15, 0.2) is 0 Å². The van der Waals surface area contributed by atoms with Crippen LogP contribution in [0.25, 0.3) is 0 Å². The van der Waals surface area contributed by atoms with Crippen molar-refractivity contribution in [3.8, 4) is 0 Å². The molecule has 4 N–H and O–H groups in total. The Hall–Kier alpha value is -1.59. The van der Waals surface area contributed by atoms with Crippen LogP contribution in [0.5, 0.6) is 0 Å². The van der Waals surface area contributed by atoms with Crippen LogP contribution in [0.4, 0.5) is 0 Å². The van der Waals surface area contributed by atoms with Crippen LogP contribution in [0, 0.1) is 23.2 Å². The van der Waals surface area contributed by atoms with Gasteiger partial charge in [0.25, 0.3) is 0 Å². The lowest BCUT2D eigenvalue weighted by atomic mass is 9.49. The fourth-order valence-corrected chi connectivity index (χ4v) is 6.20. The van der Waals surface area contributed by atoms with Crippen LogP contribution in [0.15, 0.2) is 30.3 Å². The molecule has 0 aromatic heterocycles. The van der Waals surface area contributed by atoms with Gasteiger partial charge in [-0.3, -0.25) is 9.59 Å². The monoisotopic (exact) mass is 433 g/mol. The molecule has 4 fully saturated rings. The van der Waals surface area contributed by atoms with Crippen LogP contribution in [0.1, 0.15) is 57.9 Å². The van der Waals surface area contributed by atoms with E-state index < -0.39 is 11.6 Å². The molecule has 0 aliphatic heterocycles. The molecule has 5 rings (SSSR count). The number of hydrogen-bond acceptors (Lipinski definition) is 3. The Labute approximate surface area is 186 Å². The smallest absolute Gasteiger partial charge is 0.242 e. The quantitative estimate of drug-likeness (QED) is 0.617. The zero-order chi connectivity index (χ0) is 20.6. The number of rotatable bonds is 7. The Bertz CT molecular complexity index is 724. The predicted octanol–water partition coefficient (Wildman–Crippen LogP) is 3.21. The second-order valence-corrected chi connectivity index (χ2v) is 10.6. The highest BCUT2D eigenvalue weighted by atomic mass is 35.5. The SMILES string of the molecule is CC(C)(N)CNC(=O)C(Cc1ccccc1)NC(=O)C12CC3CC(CC(C3)C1)C2.Cl. The molecule has 5 nitrogen and oxygen atoms in total. The summed E-state index contributed by atoms with van der Waals surface area (Å²) in [6, 6.07) is 9.33.